The van der Waals surface area contributed by atoms with E-state index in [4.69, 9.17) is 9.47 Å². The van der Waals surface area contributed by atoms with Crippen LogP contribution in [0.2, 0.25) is 0 Å². The largest absolute Gasteiger partial charge is 0.497 e. The minimum atomic E-state index is -0.397. The van der Waals surface area contributed by atoms with Crippen LogP contribution >= 0.6 is 0 Å². The number of benzene rings is 1. The maximum absolute atomic E-state index is 12.4. The maximum Gasteiger partial charge on any atom is 0.267 e. The van der Waals surface area contributed by atoms with Crippen molar-refractivity contribution in [1.82, 2.24) is 14.8 Å². The van der Waals surface area contributed by atoms with E-state index in [1.54, 1.807) is 50.7 Å². The lowest BCUT2D eigenvalue weighted by molar-refractivity contribution is -0.117. The molecule has 2 heterocycles. The van der Waals surface area contributed by atoms with Crippen molar-refractivity contribution in [2.24, 2.45) is 0 Å². The number of carbonyl (C=O) groups excluding carboxylic acids is 1. The molecule has 0 aliphatic carbocycles. The van der Waals surface area contributed by atoms with E-state index in [9.17, 15) is 9.59 Å². The SMILES string of the molecule is COc1ccc(OC)c(-c2ccc(=O)n(CC(=O)Nc3ncccc3C)n2)c1. The molecule has 3 rings (SSSR count). The van der Waals surface area contributed by atoms with Crippen LogP contribution in [0, 0.1) is 6.92 Å². The first-order valence-electron chi connectivity index (χ1n) is 8.54. The summed E-state index contributed by atoms with van der Waals surface area (Å²) in [5, 5.41) is 7.01. The molecule has 8 nitrogen and oxygen atoms in total. The number of pyridine rings is 1. The normalized spacial score (nSPS) is 10.4. The Bertz CT molecular complexity index is 1060. The Hall–Kier alpha value is -3.68. The molecular weight excluding hydrogens is 360 g/mol. The van der Waals surface area contributed by atoms with Crippen LogP contribution in [0.5, 0.6) is 11.5 Å². The zero-order chi connectivity index (χ0) is 20.1. The average Bonchev–Trinajstić information content (AvgIpc) is 2.71. The number of anilines is 1. The fraction of sp³-hybridized carbons (Fsp3) is 0.200. The highest BCUT2D eigenvalue weighted by Crippen LogP contribution is 2.31. The highest BCUT2D eigenvalue weighted by Gasteiger charge is 2.13. The van der Waals surface area contributed by atoms with Gasteiger partial charge in [-0.1, -0.05) is 6.07 Å². The summed E-state index contributed by atoms with van der Waals surface area (Å²) in [5.74, 6) is 1.25. The second-order valence-corrected chi connectivity index (χ2v) is 6.00. The monoisotopic (exact) mass is 380 g/mol. The van der Waals surface area contributed by atoms with Gasteiger partial charge < -0.3 is 14.8 Å². The van der Waals surface area contributed by atoms with Gasteiger partial charge in [0.05, 0.1) is 19.9 Å². The van der Waals surface area contributed by atoms with Gasteiger partial charge in [-0.05, 0) is 42.8 Å². The van der Waals surface area contributed by atoms with E-state index in [1.165, 1.54) is 6.07 Å². The topological polar surface area (TPSA) is 95.3 Å². The summed E-state index contributed by atoms with van der Waals surface area (Å²) in [5.41, 5.74) is 1.57. The lowest BCUT2D eigenvalue weighted by Gasteiger charge is -2.12. The summed E-state index contributed by atoms with van der Waals surface area (Å²) in [6.45, 7) is 1.59. The van der Waals surface area contributed by atoms with Gasteiger partial charge in [-0.25, -0.2) is 9.67 Å². The van der Waals surface area contributed by atoms with Crippen molar-refractivity contribution in [3.05, 3.63) is 64.6 Å². The van der Waals surface area contributed by atoms with Crippen LogP contribution in [-0.2, 0) is 11.3 Å². The number of rotatable bonds is 6. The Balaban J connectivity index is 1.89. The van der Waals surface area contributed by atoms with E-state index in [1.807, 2.05) is 13.0 Å². The van der Waals surface area contributed by atoms with E-state index in [0.717, 1.165) is 10.2 Å². The summed E-state index contributed by atoms with van der Waals surface area (Å²) in [6, 6.07) is 11.8. The van der Waals surface area contributed by atoms with Gasteiger partial charge in [0.15, 0.2) is 0 Å². The Morgan fingerprint density at radius 1 is 1.14 bits per heavy atom. The van der Waals surface area contributed by atoms with E-state index in [-0.39, 0.29) is 6.54 Å². The number of hydrogen-bond acceptors (Lipinski definition) is 6. The zero-order valence-corrected chi connectivity index (χ0v) is 15.8. The number of hydrogen-bond donors (Lipinski definition) is 1. The molecule has 0 aliphatic heterocycles. The average molecular weight is 380 g/mol. The van der Waals surface area contributed by atoms with Gasteiger partial charge in [-0.2, -0.15) is 5.10 Å². The van der Waals surface area contributed by atoms with Crippen LogP contribution in [0.15, 0.2) is 53.5 Å². The van der Waals surface area contributed by atoms with Crippen molar-refractivity contribution in [3.8, 4) is 22.8 Å². The third kappa shape index (κ3) is 4.17. The predicted molar refractivity (Wildman–Crippen MR) is 105 cm³/mol. The maximum atomic E-state index is 12.4. The van der Waals surface area contributed by atoms with Crippen LogP contribution in [0.3, 0.4) is 0 Å². The van der Waals surface area contributed by atoms with Gasteiger partial charge in [0.2, 0.25) is 5.91 Å². The van der Waals surface area contributed by atoms with Crippen LogP contribution < -0.4 is 20.3 Å². The van der Waals surface area contributed by atoms with Crippen LogP contribution in [0.25, 0.3) is 11.3 Å². The van der Waals surface area contributed by atoms with Crippen molar-refractivity contribution in [2.75, 3.05) is 19.5 Å². The molecule has 8 heteroatoms. The molecule has 28 heavy (non-hydrogen) atoms. The molecule has 0 radical (unpaired) electrons. The fourth-order valence-corrected chi connectivity index (χ4v) is 2.64. The lowest BCUT2D eigenvalue weighted by Crippen LogP contribution is -2.29. The third-order valence-corrected chi connectivity index (χ3v) is 4.11. The van der Waals surface area contributed by atoms with Crippen LogP contribution in [0.4, 0.5) is 5.82 Å². The second-order valence-electron chi connectivity index (χ2n) is 6.00. The first-order chi connectivity index (χ1) is 13.5. The van der Waals surface area contributed by atoms with Gasteiger partial charge in [0.1, 0.15) is 23.9 Å². The van der Waals surface area contributed by atoms with E-state index >= 15 is 0 Å². The number of carbonyl (C=O) groups is 1. The molecule has 0 saturated heterocycles. The standard InChI is InChI=1S/C20H20N4O4/c1-13-5-4-10-21-20(13)22-18(25)12-24-19(26)9-7-16(23-24)15-11-14(27-2)6-8-17(15)28-3/h4-11H,12H2,1-3H3,(H,21,22,25). The van der Waals surface area contributed by atoms with Crippen LogP contribution in [0.1, 0.15) is 5.56 Å². The molecule has 0 unspecified atom stereocenters. The summed E-state index contributed by atoms with van der Waals surface area (Å²) >= 11 is 0. The summed E-state index contributed by atoms with van der Waals surface area (Å²) in [6.07, 6.45) is 1.59. The van der Waals surface area contributed by atoms with Crippen molar-refractivity contribution in [3.63, 3.8) is 0 Å². The Morgan fingerprint density at radius 2 is 1.96 bits per heavy atom. The van der Waals surface area contributed by atoms with Gasteiger partial charge in [0, 0.05) is 17.8 Å². The fourth-order valence-electron chi connectivity index (χ4n) is 2.64. The van der Waals surface area contributed by atoms with E-state index in [0.29, 0.717) is 28.6 Å². The van der Waals surface area contributed by atoms with Gasteiger partial charge in [-0.15, -0.1) is 0 Å². The van der Waals surface area contributed by atoms with Crippen molar-refractivity contribution in [1.29, 1.82) is 0 Å². The number of nitrogens with zero attached hydrogens (tertiary/aromatic N) is 3. The van der Waals surface area contributed by atoms with Gasteiger partial charge in [-0.3, -0.25) is 9.59 Å². The Kier molecular flexibility index (Phi) is 5.69. The quantitative estimate of drug-likeness (QED) is 0.705. The number of aryl methyl sites for hydroxylation is 1. The Morgan fingerprint density at radius 3 is 2.68 bits per heavy atom. The van der Waals surface area contributed by atoms with E-state index < -0.39 is 11.5 Å². The molecule has 0 atom stereocenters. The third-order valence-electron chi connectivity index (χ3n) is 4.11. The molecule has 0 saturated carbocycles. The summed E-state index contributed by atoms with van der Waals surface area (Å²) in [7, 11) is 3.11. The minimum Gasteiger partial charge on any atom is -0.497 e. The smallest absolute Gasteiger partial charge is 0.267 e. The van der Waals surface area contributed by atoms with Crippen molar-refractivity contribution >= 4 is 11.7 Å². The predicted octanol–water partition coefficient (Wildman–Crippen LogP) is 2.27. The summed E-state index contributed by atoms with van der Waals surface area (Å²) < 4.78 is 11.7. The first-order valence-corrected chi connectivity index (χ1v) is 8.54. The first kappa shape index (κ1) is 19.1. The Labute approximate surface area is 161 Å². The van der Waals surface area contributed by atoms with Crippen molar-refractivity contribution in [2.45, 2.75) is 13.5 Å². The number of methoxy groups -OCH3 is 2. The van der Waals surface area contributed by atoms with Crippen molar-refractivity contribution < 1.29 is 14.3 Å². The molecule has 1 N–H and O–H groups in total. The van der Waals surface area contributed by atoms with E-state index in [2.05, 4.69) is 15.4 Å². The molecular formula is C20H20N4O4. The number of amides is 1. The molecule has 3 aromatic rings. The van der Waals surface area contributed by atoms with Gasteiger partial charge >= 0.3 is 0 Å². The number of nitrogens with one attached hydrogen (secondary N) is 1. The number of ether oxygens (including phenoxy) is 2. The molecule has 0 aliphatic rings. The molecule has 0 spiro atoms. The number of aromatic nitrogens is 3. The molecule has 0 bridgehead atoms. The highest BCUT2D eigenvalue weighted by atomic mass is 16.5. The molecule has 1 amide bonds. The van der Waals surface area contributed by atoms with Gasteiger partial charge in [0.25, 0.3) is 5.56 Å². The minimum absolute atomic E-state index is 0.241. The second kappa shape index (κ2) is 8.34. The van der Waals surface area contributed by atoms with Crippen LogP contribution in [-0.4, -0.2) is 34.9 Å². The molecule has 2 aromatic heterocycles. The lowest BCUT2D eigenvalue weighted by atomic mass is 10.1. The summed E-state index contributed by atoms with van der Waals surface area (Å²) in [4.78, 5) is 28.7. The zero-order valence-electron chi connectivity index (χ0n) is 15.8. The molecule has 144 valence electrons. The molecule has 1 aromatic carbocycles. The molecule has 0 fully saturated rings. The highest BCUT2D eigenvalue weighted by molar-refractivity contribution is 5.90.